The lowest BCUT2D eigenvalue weighted by atomic mass is 10.2. The minimum Gasteiger partial charge on any atom is -0.493 e. The highest BCUT2D eigenvalue weighted by molar-refractivity contribution is 6.00. The van der Waals surface area contributed by atoms with Crippen LogP contribution in [-0.4, -0.2) is 24.5 Å². The smallest absolute Gasteiger partial charge is 0.273 e. The van der Waals surface area contributed by atoms with Crippen molar-refractivity contribution in [3.05, 3.63) is 59.7 Å². The molecule has 6 heteroatoms. The second kappa shape index (κ2) is 9.62. The first-order chi connectivity index (χ1) is 12.9. The van der Waals surface area contributed by atoms with Crippen LogP contribution in [0.15, 0.2) is 48.5 Å². The first-order valence-corrected chi connectivity index (χ1v) is 8.96. The van der Waals surface area contributed by atoms with Crippen LogP contribution in [-0.2, 0) is 0 Å². The molecule has 0 bridgehead atoms. The minimum absolute atomic E-state index is 0.0648. The Kier molecular flexibility index (Phi) is 7.23. The van der Waals surface area contributed by atoms with Crippen LogP contribution < -0.4 is 20.3 Å². The standard InChI is InChI=1S/C21H26N2O4/c1-14(2)13-26-17-11-9-16(10-12-17)20(24)22-23-21(25)18-7-5-6-8-19(18)27-15(3)4/h5-12,14-15H,13H2,1-4H3,(H,22,24)(H,23,25). The van der Waals surface area contributed by atoms with E-state index in [1.807, 2.05) is 13.8 Å². The molecule has 2 N–H and O–H groups in total. The molecule has 0 saturated carbocycles. The number of amides is 2. The number of hydrogen-bond acceptors (Lipinski definition) is 4. The van der Waals surface area contributed by atoms with Crippen molar-refractivity contribution in [3.63, 3.8) is 0 Å². The van der Waals surface area contributed by atoms with Gasteiger partial charge in [0.05, 0.1) is 18.3 Å². The summed E-state index contributed by atoms with van der Waals surface area (Å²) in [6.45, 7) is 8.50. The predicted molar refractivity (Wildman–Crippen MR) is 104 cm³/mol. The Morgan fingerprint density at radius 1 is 0.889 bits per heavy atom. The largest absolute Gasteiger partial charge is 0.493 e. The first kappa shape index (κ1) is 20.3. The topological polar surface area (TPSA) is 76.7 Å². The third-order valence-electron chi connectivity index (χ3n) is 3.48. The monoisotopic (exact) mass is 370 g/mol. The van der Waals surface area contributed by atoms with E-state index in [-0.39, 0.29) is 6.10 Å². The molecule has 0 aromatic heterocycles. The van der Waals surface area contributed by atoms with Crippen molar-refractivity contribution < 1.29 is 19.1 Å². The molecular formula is C21H26N2O4. The van der Waals surface area contributed by atoms with Gasteiger partial charge in [-0.3, -0.25) is 20.4 Å². The van der Waals surface area contributed by atoms with E-state index in [4.69, 9.17) is 9.47 Å². The molecule has 144 valence electrons. The van der Waals surface area contributed by atoms with Gasteiger partial charge in [0.2, 0.25) is 0 Å². The maximum atomic E-state index is 12.4. The molecule has 0 unspecified atom stereocenters. The molecule has 2 aromatic carbocycles. The highest BCUT2D eigenvalue weighted by Gasteiger charge is 2.14. The Labute approximate surface area is 159 Å². The number of carbonyl (C=O) groups is 2. The van der Waals surface area contributed by atoms with Gasteiger partial charge in [-0.05, 0) is 56.2 Å². The van der Waals surface area contributed by atoms with Crippen molar-refractivity contribution in [2.24, 2.45) is 5.92 Å². The summed E-state index contributed by atoms with van der Waals surface area (Å²) in [6, 6.07) is 13.6. The molecule has 27 heavy (non-hydrogen) atoms. The van der Waals surface area contributed by atoms with Crippen LogP contribution in [0.2, 0.25) is 0 Å². The van der Waals surface area contributed by atoms with E-state index in [9.17, 15) is 9.59 Å². The fraction of sp³-hybridized carbons (Fsp3) is 0.333. The summed E-state index contributed by atoms with van der Waals surface area (Å²) in [5.74, 6) is 0.721. The molecule has 0 fully saturated rings. The van der Waals surface area contributed by atoms with Gasteiger partial charge in [0.15, 0.2) is 0 Å². The molecular weight excluding hydrogens is 344 g/mol. The molecule has 0 aliphatic heterocycles. The molecule has 0 aliphatic rings. The number of hydrogen-bond donors (Lipinski definition) is 2. The average molecular weight is 370 g/mol. The number of para-hydroxylation sites is 1. The van der Waals surface area contributed by atoms with Crippen LogP contribution in [0.5, 0.6) is 11.5 Å². The maximum absolute atomic E-state index is 12.4. The third-order valence-corrected chi connectivity index (χ3v) is 3.48. The van der Waals surface area contributed by atoms with E-state index in [1.54, 1.807) is 48.5 Å². The average Bonchev–Trinajstić information content (AvgIpc) is 2.64. The van der Waals surface area contributed by atoms with Crippen LogP contribution in [0.1, 0.15) is 48.4 Å². The fourth-order valence-corrected chi connectivity index (χ4v) is 2.23. The van der Waals surface area contributed by atoms with Crippen LogP contribution in [0.3, 0.4) is 0 Å². The summed E-state index contributed by atoms with van der Waals surface area (Å²) in [6.07, 6.45) is -0.0648. The highest BCUT2D eigenvalue weighted by atomic mass is 16.5. The van der Waals surface area contributed by atoms with Gasteiger partial charge in [-0.2, -0.15) is 0 Å². The second-order valence-corrected chi connectivity index (χ2v) is 6.80. The Hall–Kier alpha value is -3.02. The number of hydrazine groups is 1. The normalized spacial score (nSPS) is 10.6. The van der Waals surface area contributed by atoms with Crippen molar-refractivity contribution in [2.75, 3.05) is 6.61 Å². The van der Waals surface area contributed by atoms with Gasteiger partial charge >= 0.3 is 0 Å². The van der Waals surface area contributed by atoms with Crippen LogP contribution in [0, 0.1) is 5.92 Å². The molecule has 2 rings (SSSR count). The van der Waals surface area contributed by atoms with Gasteiger partial charge in [-0.15, -0.1) is 0 Å². The maximum Gasteiger partial charge on any atom is 0.273 e. The molecule has 0 aliphatic carbocycles. The third kappa shape index (κ3) is 6.33. The van der Waals surface area contributed by atoms with E-state index in [1.165, 1.54) is 0 Å². The lowest BCUT2D eigenvalue weighted by Crippen LogP contribution is -2.41. The quantitative estimate of drug-likeness (QED) is 0.731. The molecule has 0 saturated heterocycles. The molecule has 0 radical (unpaired) electrons. The summed E-state index contributed by atoms with van der Waals surface area (Å²) < 4.78 is 11.2. The highest BCUT2D eigenvalue weighted by Crippen LogP contribution is 2.19. The summed E-state index contributed by atoms with van der Waals surface area (Å²) in [7, 11) is 0. The second-order valence-electron chi connectivity index (χ2n) is 6.80. The van der Waals surface area contributed by atoms with E-state index in [2.05, 4.69) is 24.7 Å². The molecule has 0 heterocycles. The zero-order valence-corrected chi connectivity index (χ0v) is 16.1. The van der Waals surface area contributed by atoms with Crippen LogP contribution in [0.4, 0.5) is 0 Å². The van der Waals surface area contributed by atoms with E-state index >= 15 is 0 Å². The summed E-state index contributed by atoms with van der Waals surface area (Å²) in [4.78, 5) is 24.6. The summed E-state index contributed by atoms with van der Waals surface area (Å²) >= 11 is 0. The van der Waals surface area contributed by atoms with Gasteiger partial charge in [0, 0.05) is 5.56 Å². The predicted octanol–water partition coefficient (Wildman–Crippen LogP) is 3.58. The molecule has 0 spiro atoms. The Bertz CT molecular complexity index is 770. The van der Waals surface area contributed by atoms with Gasteiger partial charge in [-0.1, -0.05) is 26.0 Å². The van der Waals surface area contributed by atoms with Crippen molar-refractivity contribution >= 4 is 11.8 Å². The Balaban J connectivity index is 1.94. The van der Waals surface area contributed by atoms with Gasteiger partial charge in [-0.25, -0.2) is 0 Å². The van der Waals surface area contributed by atoms with E-state index in [0.29, 0.717) is 35.2 Å². The van der Waals surface area contributed by atoms with E-state index < -0.39 is 11.8 Å². The van der Waals surface area contributed by atoms with Crippen molar-refractivity contribution in [2.45, 2.75) is 33.8 Å². The van der Waals surface area contributed by atoms with Crippen LogP contribution >= 0.6 is 0 Å². The van der Waals surface area contributed by atoms with Gasteiger partial charge < -0.3 is 9.47 Å². The fourth-order valence-electron chi connectivity index (χ4n) is 2.23. The van der Waals surface area contributed by atoms with Gasteiger partial charge in [0.1, 0.15) is 11.5 Å². The summed E-state index contributed by atoms with van der Waals surface area (Å²) in [5, 5.41) is 0. The number of benzene rings is 2. The molecule has 2 aromatic rings. The Morgan fingerprint density at radius 3 is 2.15 bits per heavy atom. The summed E-state index contributed by atoms with van der Waals surface area (Å²) in [5.41, 5.74) is 5.59. The number of nitrogens with one attached hydrogen (secondary N) is 2. The zero-order chi connectivity index (χ0) is 19.8. The van der Waals surface area contributed by atoms with Crippen LogP contribution in [0.25, 0.3) is 0 Å². The molecule has 2 amide bonds. The van der Waals surface area contributed by atoms with Crippen molar-refractivity contribution in [3.8, 4) is 11.5 Å². The SMILES string of the molecule is CC(C)COc1ccc(C(=O)NNC(=O)c2ccccc2OC(C)C)cc1. The number of rotatable bonds is 7. The van der Waals surface area contributed by atoms with Crippen molar-refractivity contribution in [1.29, 1.82) is 0 Å². The molecule has 0 atom stereocenters. The minimum atomic E-state index is -0.448. The number of carbonyl (C=O) groups excluding carboxylic acids is 2. The lowest BCUT2D eigenvalue weighted by Gasteiger charge is -2.14. The molecule has 6 nitrogen and oxygen atoms in total. The zero-order valence-electron chi connectivity index (χ0n) is 16.1. The van der Waals surface area contributed by atoms with E-state index in [0.717, 1.165) is 0 Å². The number of ether oxygens (including phenoxy) is 2. The Morgan fingerprint density at radius 2 is 1.52 bits per heavy atom. The lowest BCUT2D eigenvalue weighted by molar-refractivity contribution is 0.0843. The van der Waals surface area contributed by atoms with Gasteiger partial charge in [0.25, 0.3) is 11.8 Å². The first-order valence-electron chi connectivity index (χ1n) is 8.96. The van der Waals surface area contributed by atoms with Crippen molar-refractivity contribution in [1.82, 2.24) is 10.9 Å².